The van der Waals surface area contributed by atoms with E-state index in [-0.39, 0.29) is 0 Å². The van der Waals surface area contributed by atoms with E-state index in [1.165, 1.54) is 11.8 Å². The van der Waals surface area contributed by atoms with E-state index in [1.54, 1.807) is 16.6 Å². The molecule has 6 nitrogen and oxygen atoms in total. The Morgan fingerprint density at radius 2 is 1.81 bits per heavy atom. The van der Waals surface area contributed by atoms with Crippen molar-refractivity contribution in [3.8, 4) is 17.5 Å². The maximum atomic E-state index is 9.34. The molecule has 4 aromatic rings. The lowest BCUT2D eigenvalue weighted by molar-refractivity contribution is 0.894. The van der Waals surface area contributed by atoms with Gasteiger partial charge in [-0.05, 0) is 36.2 Å². The molecule has 0 aliphatic heterocycles. The first-order valence-electron chi connectivity index (χ1n) is 8.44. The zero-order valence-corrected chi connectivity index (χ0v) is 15.1. The van der Waals surface area contributed by atoms with E-state index in [2.05, 4.69) is 38.6 Å². The summed E-state index contributed by atoms with van der Waals surface area (Å²) in [6.45, 7) is 0.677. The molecule has 4 rings (SSSR count). The highest BCUT2D eigenvalue weighted by atomic mass is 35.5. The van der Waals surface area contributed by atoms with E-state index >= 15 is 0 Å². The Morgan fingerprint density at radius 3 is 2.56 bits per heavy atom. The lowest BCUT2D eigenvalue weighted by Gasteiger charge is -2.09. The maximum absolute atomic E-state index is 9.34. The third-order valence-corrected chi connectivity index (χ3v) is 4.38. The summed E-state index contributed by atoms with van der Waals surface area (Å²) in [7, 11) is 0. The molecule has 0 amide bonds. The molecule has 0 radical (unpaired) electrons. The standard InChI is InChI=1S/C20H15ClN6/c21-17-8-6-15(7-9-17)18-25-20(23-11-10-14-4-2-1-3-5-14)26-19-16(12-22)13-24-27(18)19/h1-9,13H,10-11H2,(H,23,26). The van der Waals surface area contributed by atoms with Crippen molar-refractivity contribution in [2.75, 3.05) is 11.9 Å². The summed E-state index contributed by atoms with van der Waals surface area (Å²) in [5, 5.41) is 17.5. The van der Waals surface area contributed by atoms with E-state index in [0.717, 1.165) is 12.0 Å². The number of nitriles is 1. The monoisotopic (exact) mass is 374 g/mol. The molecule has 0 aliphatic carbocycles. The van der Waals surface area contributed by atoms with Gasteiger partial charge in [0, 0.05) is 17.1 Å². The molecule has 0 spiro atoms. The molecule has 2 heterocycles. The van der Waals surface area contributed by atoms with Crippen LogP contribution in [0, 0.1) is 11.3 Å². The van der Waals surface area contributed by atoms with Gasteiger partial charge in [-0.1, -0.05) is 41.9 Å². The fraction of sp³-hybridized carbons (Fsp3) is 0.100. The number of nitrogens with zero attached hydrogens (tertiary/aromatic N) is 5. The van der Waals surface area contributed by atoms with Crippen LogP contribution in [0.4, 0.5) is 5.95 Å². The molecule has 27 heavy (non-hydrogen) atoms. The Balaban J connectivity index is 1.68. The molecule has 0 saturated carbocycles. The van der Waals surface area contributed by atoms with Crippen molar-refractivity contribution < 1.29 is 0 Å². The fourth-order valence-electron chi connectivity index (χ4n) is 2.78. The van der Waals surface area contributed by atoms with Crippen LogP contribution >= 0.6 is 11.6 Å². The van der Waals surface area contributed by atoms with Crippen molar-refractivity contribution in [1.29, 1.82) is 5.26 Å². The molecule has 1 N–H and O–H groups in total. The van der Waals surface area contributed by atoms with E-state index in [9.17, 15) is 5.26 Å². The van der Waals surface area contributed by atoms with Crippen molar-refractivity contribution in [2.45, 2.75) is 6.42 Å². The summed E-state index contributed by atoms with van der Waals surface area (Å²) in [5.41, 5.74) is 2.94. The summed E-state index contributed by atoms with van der Waals surface area (Å²) in [4.78, 5) is 9.08. The first-order valence-corrected chi connectivity index (χ1v) is 8.82. The lowest BCUT2D eigenvalue weighted by atomic mass is 10.1. The van der Waals surface area contributed by atoms with Gasteiger partial charge in [0.25, 0.3) is 0 Å². The average molecular weight is 375 g/mol. The molecule has 0 aliphatic rings. The first kappa shape index (κ1) is 17.0. The SMILES string of the molecule is N#Cc1cnn2c(-c3ccc(Cl)cc3)nc(NCCc3ccccc3)nc12. The Morgan fingerprint density at radius 1 is 1.04 bits per heavy atom. The minimum Gasteiger partial charge on any atom is -0.354 e. The van der Waals surface area contributed by atoms with Gasteiger partial charge in [0.1, 0.15) is 11.6 Å². The quantitative estimate of drug-likeness (QED) is 0.571. The fourth-order valence-corrected chi connectivity index (χ4v) is 2.91. The summed E-state index contributed by atoms with van der Waals surface area (Å²) in [6.07, 6.45) is 2.34. The van der Waals surface area contributed by atoms with Crippen LogP contribution in [0.1, 0.15) is 11.1 Å². The van der Waals surface area contributed by atoms with Crippen molar-refractivity contribution in [3.05, 3.63) is 76.9 Å². The first-order chi connectivity index (χ1) is 13.2. The Labute approximate surface area is 161 Å². The molecular weight excluding hydrogens is 360 g/mol. The zero-order chi connectivity index (χ0) is 18.6. The minimum absolute atomic E-state index is 0.402. The minimum atomic E-state index is 0.402. The van der Waals surface area contributed by atoms with Crippen LogP contribution in [0.25, 0.3) is 17.0 Å². The van der Waals surface area contributed by atoms with Crippen LogP contribution in [0.2, 0.25) is 5.02 Å². The molecule has 0 fully saturated rings. The number of anilines is 1. The smallest absolute Gasteiger partial charge is 0.226 e. The van der Waals surface area contributed by atoms with Crippen LogP contribution in [0.5, 0.6) is 0 Å². The number of rotatable bonds is 5. The van der Waals surface area contributed by atoms with Gasteiger partial charge in [-0.2, -0.15) is 24.8 Å². The number of hydrogen-bond acceptors (Lipinski definition) is 5. The second-order valence-electron chi connectivity index (χ2n) is 5.95. The normalized spacial score (nSPS) is 10.7. The topological polar surface area (TPSA) is 78.9 Å². The third-order valence-electron chi connectivity index (χ3n) is 4.13. The Kier molecular flexibility index (Phi) is 4.69. The van der Waals surface area contributed by atoms with Gasteiger partial charge in [-0.3, -0.25) is 0 Å². The molecule has 0 saturated heterocycles. The number of aromatic nitrogens is 4. The number of hydrogen-bond donors (Lipinski definition) is 1. The maximum Gasteiger partial charge on any atom is 0.226 e. The molecule has 0 unspecified atom stereocenters. The molecule has 0 atom stereocenters. The summed E-state index contributed by atoms with van der Waals surface area (Å²) < 4.78 is 1.57. The van der Waals surface area contributed by atoms with Gasteiger partial charge < -0.3 is 5.32 Å². The van der Waals surface area contributed by atoms with Gasteiger partial charge in [-0.25, -0.2) is 0 Å². The molecule has 0 bridgehead atoms. The van der Waals surface area contributed by atoms with Gasteiger partial charge >= 0.3 is 0 Å². The second kappa shape index (κ2) is 7.44. The van der Waals surface area contributed by atoms with Crippen LogP contribution in [-0.4, -0.2) is 26.1 Å². The highest BCUT2D eigenvalue weighted by Gasteiger charge is 2.14. The summed E-state index contributed by atoms with van der Waals surface area (Å²) in [6, 6.07) is 19.6. The largest absolute Gasteiger partial charge is 0.354 e. The lowest BCUT2D eigenvalue weighted by Crippen LogP contribution is -2.11. The summed E-state index contributed by atoms with van der Waals surface area (Å²) >= 11 is 5.99. The molecule has 2 aromatic heterocycles. The third kappa shape index (κ3) is 3.59. The number of benzene rings is 2. The zero-order valence-electron chi connectivity index (χ0n) is 14.3. The van der Waals surface area contributed by atoms with Crippen molar-refractivity contribution in [2.24, 2.45) is 0 Å². The number of halogens is 1. The number of nitrogens with one attached hydrogen (secondary N) is 1. The number of fused-ring (bicyclic) bond motifs is 1. The van der Waals surface area contributed by atoms with Gasteiger partial charge in [0.15, 0.2) is 11.5 Å². The van der Waals surface area contributed by atoms with E-state index < -0.39 is 0 Å². The Hall–Kier alpha value is -3.43. The van der Waals surface area contributed by atoms with Gasteiger partial charge in [0.2, 0.25) is 5.95 Å². The predicted molar refractivity (Wildman–Crippen MR) is 105 cm³/mol. The van der Waals surface area contributed by atoms with Crippen LogP contribution < -0.4 is 5.32 Å². The highest BCUT2D eigenvalue weighted by molar-refractivity contribution is 6.30. The molecule has 2 aromatic carbocycles. The van der Waals surface area contributed by atoms with Crippen LogP contribution in [0.3, 0.4) is 0 Å². The van der Waals surface area contributed by atoms with E-state index in [1.807, 2.05) is 30.3 Å². The molecule has 7 heteroatoms. The second-order valence-corrected chi connectivity index (χ2v) is 6.38. The van der Waals surface area contributed by atoms with Crippen LogP contribution in [-0.2, 0) is 6.42 Å². The predicted octanol–water partition coefficient (Wildman–Crippen LogP) is 3.97. The molecule has 132 valence electrons. The highest BCUT2D eigenvalue weighted by Crippen LogP contribution is 2.22. The van der Waals surface area contributed by atoms with Crippen molar-refractivity contribution in [3.63, 3.8) is 0 Å². The average Bonchev–Trinajstić information content (AvgIpc) is 3.12. The Bertz CT molecular complexity index is 1110. The molecular formula is C20H15ClN6. The summed E-state index contributed by atoms with van der Waals surface area (Å²) in [5.74, 6) is 1.06. The van der Waals surface area contributed by atoms with Crippen molar-refractivity contribution in [1.82, 2.24) is 19.6 Å². The van der Waals surface area contributed by atoms with Gasteiger partial charge in [-0.15, -0.1) is 0 Å². The van der Waals surface area contributed by atoms with Gasteiger partial charge in [0.05, 0.1) is 6.20 Å². The van der Waals surface area contributed by atoms with E-state index in [4.69, 9.17) is 11.6 Å². The van der Waals surface area contributed by atoms with Crippen LogP contribution in [0.15, 0.2) is 60.8 Å². The van der Waals surface area contributed by atoms with E-state index in [0.29, 0.717) is 34.6 Å². The van der Waals surface area contributed by atoms with Crippen molar-refractivity contribution >= 4 is 23.2 Å².